The number of thiazole rings is 1. The maximum Gasteiger partial charge on any atom is 0.410 e. The van der Waals surface area contributed by atoms with Crippen molar-refractivity contribution in [1.29, 1.82) is 5.26 Å². The van der Waals surface area contributed by atoms with E-state index in [1.54, 1.807) is 28.5 Å². The second kappa shape index (κ2) is 9.86. The smallest absolute Gasteiger partial charge is 0.410 e. The summed E-state index contributed by atoms with van der Waals surface area (Å²) in [5.41, 5.74) is -0.123. The Morgan fingerprint density at radius 1 is 1.29 bits per heavy atom. The van der Waals surface area contributed by atoms with Gasteiger partial charge in [0.05, 0.1) is 35.7 Å². The molecule has 0 unspecified atom stereocenters. The highest BCUT2D eigenvalue weighted by Crippen LogP contribution is 2.36. The van der Waals surface area contributed by atoms with Crippen molar-refractivity contribution >= 4 is 23.2 Å². The lowest BCUT2D eigenvalue weighted by Crippen LogP contribution is -2.65. The lowest BCUT2D eigenvalue weighted by Gasteiger charge is -2.52. The minimum absolute atomic E-state index is 0.151. The largest absolute Gasteiger partial charge is 0.444 e. The summed E-state index contributed by atoms with van der Waals surface area (Å²) < 4.78 is 17.5. The van der Waals surface area contributed by atoms with Gasteiger partial charge in [0, 0.05) is 43.3 Å². The molecular weight excluding hydrogens is 454 g/mol. The maximum atomic E-state index is 12.2. The average molecular weight is 486 g/mol. The van der Waals surface area contributed by atoms with Crippen LogP contribution in [-0.4, -0.2) is 65.7 Å². The molecule has 34 heavy (non-hydrogen) atoms. The Morgan fingerprint density at radius 2 is 2.03 bits per heavy atom. The van der Waals surface area contributed by atoms with Crippen LogP contribution in [0.4, 0.5) is 10.6 Å². The highest BCUT2D eigenvalue weighted by atomic mass is 32.1. The Morgan fingerprint density at radius 3 is 2.59 bits per heavy atom. The number of aromatic nitrogens is 2. The zero-order valence-electron chi connectivity index (χ0n) is 20.1. The van der Waals surface area contributed by atoms with E-state index in [0.29, 0.717) is 51.4 Å². The molecule has 4 heterocycles. The topological polar surface area (TPSA) is 101 Å². The van der Waals surface area contributed by atoms with Gasteiger partial charge in [0.15, 0.2) is 6.29 Å². The molecule has 2 aromatic rings. The summed E-state index contributed by atoms with van der Waals surface area (Å²) in [5.74, 6) is 0.796. The summed E-state index contributed by atoms with van der Waals surface area (Å²) in [6.45, 7) is 11.2. The first kappa shape index (κ1) is 24.4. The van der Waals surface area contributed by atoms with Crippen LogP contribution in [0.3, 0.4) is 0 Å². The second-order valence-corrected chi connectivity index (χ2v) is 11.3. The van der Waals surface area contributed by atoms with Crippen LogP contribution >= 0.6 is 11.3 Å². The molecule has 2 saturated heterocycles. The number of amides is 1. The fraction of sp³-hybridized carbons (Fsp3) is 0.583. The minimum Gasteiger partial charge on any atom is -0.444 e. The number of carbonyl (C=O) groups is 1. The van der Waals surface area contributed by atoms with Gasteiger partial charge in [-0.05, 0) is 39.8 Å². The summed E-state index contributed by atoms with van der Waals surface area (Å²) >= 11 is 1.66. The van der Waals surface area contributed by atoms with Crippen molar-refractivity contribution in [3.8, 4) is 6.07 Å². The monoisotopic (exact) mass is 485 g/mol. The maximum absolute atomic E-state index is 12.2. The van der Waals surface area contributed by atoms with Crippen molar-refractivity contribution in [2.45, 2.75) is 52.6 Å². The molecule has 4 rings (SSSR count). The van der Waals surface area contributed by atoms with Crippen molar-refractivity contribution < 1.29 is 19.0 Å². The van der Waals surface area contributed by atoms with Gasteiger partial charge in [-0.1, -0.05) is 0 Å². The molecule has 182 valence electrons. The number of hydrogen-bond acceptors (Lipinski definition) is 9. The lowest BCUT2D eigenvalue weighted by molar-refractivity contribution is -0.254. The van der Waals surface area contributed by atoms with Gasteiger partial charge >= 0.3 is 6.09 Å². The lowest BCUT2D eigenvalue weighted by atomic mass is 9.81. The number of ether oxygens (including phenoxy) is 3. The summed E-state index contributed by atoms with van der Waals surface area (Å²) in [6.07, 6.45) is 3.55. The van der Waals surface area contributed by atoms with Crippen molar-refractivity contribution in [3.05, 3.63) is 40.0 Å². The van der Waals surface area contributed by atoms with Crippen molar-refractivity contribution in [1.82, 2.24) is 14.9 Å². The molecule has 2 fully saturated rings. The van der Waals surface area contributed by atoms with E-state index in [1.807, 2.05) is 40.0 Å². The fourth-order valence-corrected chi connectivity index (χ4v) is 4.85. The van der Waals surface area contributed by atoms with Crippen LogP contribution in [0.5, 0.6) is 0 Å². The van der Waals surface area contributed by atoms with Gasteiger partial charge in [0.2, 0.25) is 0 Å². The van der Waals surface area contributed by atoms with E-state index in [-0.39, 0.29) is 17.8 Å². The van der Waals surface area contributed by atoms with Gasteiger partial charge in [-0.15, -0.1) is 11.3 Å². The highest BCUT2D eigenvalue weighted by Gasteiger charge is 2.49. The van der Waals surface area contributed by atoms with Crippen LogP contribution < -0.4 is 4.90 Å². The molecule has 0 atom stereocenters. The van der Waals surface area contributed by atoms with Gasteiger partial charge in [-0.25, -0.2) is 14.8 Å². The Balaban J connectivity index is 1.29. The van der Waals surface area contributed by atoms with Crippen LogP contribution in [0.2, 0.25) is 0 Å². The normalized spacial score (nSPS) is 17.8. The number of pyridine rings is 1. The number of hydrogen-bond donors (Lipinski definition) is 0. The summed E-state index contributed by atoms with van der Waals surface area (Å²) in [5, 5.41) is 10.1. The summed E-state index contributed by atoms with van der Waals surface area (Å²) in [6, 6.07) is 5.75. The first-order chi connectivity index (χ1) is 16.1. The molecule has 10 heteroatoms. The molecular formula is C24H31N5O4S. The summed E-state index contributed by atoms with van der Waals surface area (Å²) in [7, 11) is 0. The molecule has 2 aliphatic rings. The first-order valence-corrected chi connectivity index (χ1v) is 12.2. The molecule has 2 aliphatic heterocycles. The fourth-order valence-electron chi connectivity index (χ4n) is 4.04. The third-order valence-electron chi connectivity index (χ3n) is 5.71. The van der Waals surface area contributed by atoms with Gasteiger partial charge in [-0.3, -0.25) is 0 Å². The molecule has 0 radical (unpaired) electrons. The van der Waals surface area contributed by atoms with E-state index in [9.17, 15) is 4.79 Å². The molecule has 2 aromatic heterocycles. The number of carbonyl (C=O) groups excluding carboxylic acids is 1. The summed E-state index contributed by atoms with van der Waals surface area (Å²) in [4.78, 5) is 26.0. The molecule has 1 spiro atoms. The Bertz CT molecular complexity index is 1030. The predicted octanol–water partition coefficient (Wildman–Crippen LogP) is 3.72. The van der Waals surface area contributed by atoms with Crippen LogP contribution in [0.1, 0.15) is 42.6 Å². The molecule has 9 nitrogen and oxygen atoms in total. The van der Waals surface area contributed by atoms with Crippen LogP contribution in [0.15, 0.2) is 24.5 Å². The molecule has 0 saturated carbocycles. The quantitative estimate of drug-likeness (QED) is 0.610. The Hall–Kier alpha value is -2.74. The molecule has 0 aliphatic carbocycles. The number of nitriles is 1. The van der Waals surface area contributed by atoms with Crippen molar-refractivity contribution in [3.63, 3.8) is 0 Å². The molecule has 0 bridgehead atoms. The van der Waals surface area contributed by atoms with E-state index in [0.717, 1.165) is 15.7 Å². The van der Waals surface area contributed by atoms with E-state index >= 15 is 0 Å². The van der Waals surface area contributed by atoms with E-state index in [4.69, 9.17) is 19.5 Å². The number of aryl methyl sites for hydroxylation is 1. The van der Waals surface area contributed by atoms with Gasteiger partial charge in [0.1, 0.15) is 17.5 Å². The zero-order chi connectivity index (χ0) is 24.3. The van der Waals surface area contributed by atoms with Crippen molar-refractivity contribution in [2.24, 2.45) is 5.41 Å². The van der Waals surface area contributed by atoms with E-state index in [2.05, 4.69) is 20.9 Å². The standard InChI is InChI=1S/C24H31N5O4S/c1-17-26-11-19(34-17)12-28(20-6-5-18(9-25)10-27-20)8-7-21-31-15-24(16-32-21)13-29(14-24)22(30)33-23(2,3)4/h5-6,10-11,21H,7-8,12-16H2,1-4H3. The number of anilines is 1. The van der Waals surface area contributed by atoms with Crippen LogP contribution in [0.25, 0.3) is 0 Å². The Kier molecular flexibility index (Phi) is 7.07. The highest BCUT2D eigenvalue weighted by molar-refractivity contribution is 7.11. The zero-order valence-corrected chi connectivity index (χ0v) is 20.9. The van der Waals surface area contributed by atoms with Crippen molar-refractivity contribution in [2.75, 3.05) is 37.7 Å². The van der Waals surface area contributed by atoms with E-state index < -0.39 is 5.60 Å². The number of rotatable bonds is 6. The van der Waals surface area contributed by atoms with Gasteiger partial charge in [-0.2, -0.15) is 5.26 Å². The minimum atomic E-state index is -0.502. The number of likely N-dealkylation sites (tertiary alicyclic amines) is 1. The average Bonchev–Trinajstić information content (AvgIpc) is 3.19. The third-order valence-corrected chi connectivity index (χ3v) is 6.60. The SMILES string of the molecule is Cc1ncc(CN(CCC2OCC3(CO2)CN(C(=O)OC(C)(C)C)C3)c2ccc(C#N)cn2)s1. The van der Waals surface area contributed by atoms with E-state index in [1.165, 1.54) is 0 Å². The van der Waals surface area contributed by atoms with Gasteiger partial charge in [0.25, 0.3) is 0 Å². The molecule has 0 N–H and O–H groups in total. The second-order valence-electron chi connectivity index (χ2n) is 9.96. The van der Waals surface area contributed by atoms with Crippen LogP contribution in [0, 0.1) is 23.7 Å². The molecule has 1 amide bonds. The third kappa shape index (κ3) is 6.03. The Labute approximate surface area is 204 Å². The van der Waals surface area contributed by atoms with Crippen LogP contribution in [-0.2, 0) is 20.8 Å². The molecule has 0 aromatic carbocycles. The predicted molar refractivity (Wildman–Crippen MR) is 127 cm³/mol. The first-order valence-electron chi connectivity index (χ1n) is 11.4. The number of nitrogens with zero attached hydrogens (tertiary/aromatic N) is 5. The van der Waals surface area contributed by atoms with Gasteiger partial charge < -0.3 is 24.0 Å².